The van der Waals surface area contributed by atoms with Gasteiger partial charge >= 0.3 is 0 Å². The van der Waals surface area contributed by atoms with Gasteiger partial charge in [0.25, 0.3) is 0 Å². The highest BCUT2D eigenvalue weighted by atomic mass is 35.5. The fourth-order valence-electron chi connectivity index (χ4n) is 3.16. The first-order valence-electron chi connectivity index (χ1n) is 9.90. The van der Waals surface area contributed by atoms with E-state index in [9.17, 15) is 14.3 Å². The van der Waals surface area contributed by atoms with Crippen molar-refractivity contribution in [3.8, 4) is 11.6 Å². The zero-order valence-corrected chi connectivity index (χ0v) is 17.7. The highest BCUT2D eigenvalue weighted by Gasteiger charge is 2.31. The maximum atomic E-state index is 13.2. The number of halogens is 2. The van der Waals surface area contributed by atoms with Crippen LogP contribution < -0.4 is 10.1 Å². The molecule has 0 spiro atoms. The third-order valence-corrected chi connectivity index (χ3v) is 5.08. The van der Waals surface area contributed by atoms with Gasteiger partial charge < -0.3 is 15.2 Å². The fraction of sp³-hybridized carbons (Fsp3) is 0.174. The second-order valence-electron chi connectivity index (χ2n) is 7.14. The number of benzene rings is 2. The Morgan fingerprint density at radius 2 is 1.88 bits per heavy atom. The number of ether oxygens (including phenoxy) is 1. The number of rotatable bonds is 6. The highest BCUT2D eigenvalue weighted by Crippen LogP contribution is 2.23. The first kappa shape index (κ1) is 21.7. The summed E-state index contributed by atoms with van der Waals surface area (Å²) in [5, 5.41) is 13.3. The van der Waals surface area contributed by atoms with E-state index in [0.29, 0.717) is 22.4 Å². The van der Waals surface area contributed by atoms with Gasteiger partial charge in [-0.15, -0.1) is 0 Å². The molecule has 2 heterocycles. The topological polar surface area (TPSA) is 87.0 Å². The highest BCUT2D eigenvalue weighted by molar-refractivity contribution is 6.30. The van der Waals surface area contributed by atoms with Crippen molar-refractivity contribution < 1.29 is 19.0 Å². The number of anilines is 1. The van der Waals surface area contributed by atoms with Crippen LogP contribution in [0.5, 0.6) is 11.6 Å². The number of amides is 1. The van der Waals surface area contributed by atoms with Crippen molar-refractivity contribution in [2.45, 2.75) is 6.54 Å². The number of nitrogens with one attached hydrogen (secondary N) is 1. The molecular weight excluding hydrogens is 435 g/mol. The van der Waals surface area contributed by atoms with Gasteiger partial charge in [0, 0.05) is 16.8 Å². The van der Waals surface area contributed by atoms with E-state index in [-0.39, 0.29) is 31.5 Å². The predicted octanol–water partition coefficient (Wildman–Crippen LogP) is 4.09. The first-order valence-corrected chi connectivity index (χ1v) is 10.3. The zero-order chi connectivity index (χ0) is 22.5. The number of aliphatic hydroxyl groups excluding tert-OH is 1. The minimum Gasteiger partial charge on any atom is -0.439 e. The number of aliphatic imine (C=N–C) groups is 1. The summed E-state index contributed by atoms with van der Waals surface area (Å²) in [4.78, 5) is 22.5. The maximum absolute atomic E-state index is 13.2. The van der Waals surface area contributed by atoms with Crippen LogP contribution in [0.1, 0.15) is 5.56 Å². The molecule has 32 heavy (non-hydrogen) atoms. The molecule has 7 nitrogen and oxygen atoms in total. The minimum absolute atomic E-state index is 0.150. The second-order valence-corrected chi connectivity index (χ2v) is 7.58. The van der Waals surface area contributed by atoms with Gasteiger partial charge in [-0.2, -0.15) is 9.37 Å². The second kappa shape index (κ2) is 9.76. The molecule has 1 aliphatic rings. The molecule has 1 aromatic heterocycles. The molecule has 9 heteroatoms. The number of aliphatic hydroxyl groups is 1. The Balaban J connectivity index is 1.49. The normalized spacial score (nSPS) is 16.0. The largest absolute Gasteiger partial charge is 0.439 e. The van der Waals surface area contributed by atoms with Crippen LogP contribution in [0.2, 0.25) is 5.02 Å². The Hall–Kier alpha value is -3.49. The average molecular weight is 455 g/mol. The van der Waals surface area contributed by atoms with Gasteiger partial charge in [-0.05, 0) is 48.0 Å². The van der Waals surface area contributed by atoms with Gasteiger partial charge in [0.05, 0.1) is 25.6 Å². The Morgan fingerprint density at radius 3 is 2.56 bits per heavy atom. The Labute approximate surface area is 189 Å². The summed E-state index contributed by atoms with van der Waals surface area (Å²) in [6, 6.07) is 18.4. The number of carbonyl (C=O) groups excluding carboxylic acids is 1. The predicted molar refractivity (Wildman–Crippen MR) is 119 cm³/mol. The SMILES string of the molecule is O=C1C(CO)CN=C(Nc2ccc(Oc3cccc(F)n3)cc2)N1Cc1ccc(Cl)cc1. The van der Waals surface area contributed by atoms with E-state index in [1.54, 1.807) is 42.5 Å². The molecule has 0 saturated carbocycles. The summed E-state index contributed by atoms with van der Waals surface area (Å²) in [7, 11) is 0. The monoisotopic (exact) mass is 454 g/mol. The van der Waals surface area contributed by atoms with Crippen molar-refractivity contribution in [1.29, 1.82) is 0 Å². The lowest BCUT2D eigenvalue weighted by atomic mass is 10.1. The van der Waals surface area contributed by atoms with Gasteiger partial charge in [-0.25, -0.2) is 0 Å². The van der Waals surface area contributed by atoms with E-state index in [0.717, 1.165) is 5.56 Å². The van der Waals surface area contributed by atoms with Crippen LogP contribution >= 0.6 is 11.6 Å². The number of aromatic nitrogens is 1. The fourth-order valence-corrected chi connectivity index (χ4v) is 3.28. The van der Waals surface area contributed by atoms with Gasteiger partial charge in [-0.3, -0.25) is 14.7 Å². The summed E-state index contributed by atoms with van der Waals surface area (Å²) < 4.78 is 18.8. The van der Waals surface area contributed by atoms with Gasteiger partial charge in [0.15, 0.2) is 0 Å². The molecular formula is C23H20ClFN4O3. The van der Waals surface area contributed by atoms with Crippen LogP contribution in [0, 0.1) is 11.9 Å². The van der Waals surface area contributed by atoms with Crippen molar-refractivity contribution in [2.24, 2.45) is 10.9 Å². The van der Waals surface area contributed by atoms with Crippen LogP contribution in [-0.4, -0.2) is 40.0 Å². The minimum atomic E-state index is -0.622. The molecule has 0 aliphatic carbocycles. The Kier molecular flexibility index (Phi) is 6.63. The van der Waals surface area contributed by atoms with E-state index in [2.05, 4.69) is 15.3 Å². The first-order chi connectivity index (χ1) is 15.5. The summed E-state index contributed by atoms with van der Waals surface area (Å²) in [6.07, 6.45) is 0. The zero-order valence-electron chi connectivity index (χ0n) is 16.9. The van der Waals surface area contributed by atoms with Gasteiger partial charge in [0.2, 0.25) is 23.7 Å². The molecule has 0 radical (unpaired) electrons. The molecule has 3 aromatic rings. The van der Waals surface area contributed by atoms with Crippen molar-refractivity contribution in [1.82, 2.24) is 9.88 Å². The van der Waals surface area contributed by atoms with E-state index in [1.165, 1.54) is 17.0 Å². The number of hydrogen-bond donors (Lipinski definition) is 2. The number of hydrogen-bond acceptors (Lipinski definition) is 6. The van der Waals surface area contributed by atoms with E-state index < -0.39 is 11.9 Å². The molecule has 0 saturated heterocycles. The van der Waals surface area contributed by atoms with Crippen LogP contribution in [0.4, 0.5) is 10.1 Å². The van der Waals surface area contributed by atoms with E-state index >= 15 is 0 Å². The summed E-state index contributed by atoms with van der Waals surface area (Å²) in [6.45, 7) is 0.207. The standard InChI is InChI=1S/C23H20ClFN4O3/c24-17-6-4-15(5-7-17)13-29-22(31)16(14-30)12-26-23(29)27-18-8-10-19(11-9-18)32-21-3-1-2-20(25)28-21/h1-11,16,30H,12-14H2,(H,26,27). The molecule has 1 amide bonds. The van der Waals surface area contributed by atoms with Gasteiger partial charge in [0.1, 0.15) is 5.75 Å². The quantitative estimate of drug-likeness (QED) is 0.548. The molecule has 2 aromatic carbocycles. The van der Waals surface area contributed by atoms with Gasteiger partial charge in [-0.1, -0.05) is 29.8 Å². The molecule has 4 rings (SSSR count). The Bertz CT molecular complexity index is 1120. The smallest absolute Gasteiger partial charge is 0.236 e. The van der Waals surface area contributed by atoms with Crippen molar-refractivity contribution in [3.05, 3.63) is 83.3 Å². The van der Waals surface area contributed by atoms with Crippen LogP contribution in [0.3, 0.4) is 0 Å². The molecule has 0 bridgehead atoms. The number of pyridine rings is 1. The van der Waals surface area contributed by atoms with Crippen molar-refractivity contribution in [3.63, 3.8) is 0 Å². The number of nitrogens with zero attached hydrogens (tertiary/aromatic N) is 3. The van der Waals surface area contributed by atoms with Crippen LogP contribution in [0.25, 0.3) is 0 Å². The van der Waals surface area contributed by atoms with Crippen molar-refractivity contribution in [2.75, 3.05) is 18.5 Å². The van der Waals surface area contributed by atoms with Crippen LogP contribution in [0.15, 0.2) is 71.7 Å². The van der Waals surface area contributed by atoms with E-state index in [4.69, 9.17) is 16.3 Å². The summed E-state index contributed by atoms with van der Waals surface area (Å²) >= 11 is 5.95. The average Bonchev–Trinajstić information content (AvgIpc) is 2.79. The molecule has 1 atom stereocenters. The third-order valence-electron chi connectivity index (χ3n) is 4.83. The number of guanidine groups is 1. The molecule has 164 valence electrons. The maximum Gasteiger partial charge on any atom is 0.236 e. The lowest BCUT2D eigenvalue weighted by molar-refractivity contribution is -0.133. The van der Waals surface area contributed by atoms with Crippen molar-refractivity contribution >= 4 is 29.2 Å². The third kappa shape index (κ3) is 5.22. The number of carbonyl (C=O) groups is 1. The Morgan fingerprint density at radius 1 is 1.12 bits per heavy atom. The molecule has 1 unspecified atom stereocenters. The summed E-state index contributed by atoms with van der Waals surface area (Å²) in [5.74, 6) is -0.400. The van der Waals surface area contributed by atoms with E-state index in [1.807, 2.05) is 12.1 Å². The molecule has 0 fully saturated rings. The molecule has 1 aliphatic heterocycles. The lowest BCUT2D eigenvalue weighted by Gasteiger charge is -2.31. The lowest BCUT2D eigenvalue weighted by Crippen LogP contribution is -2.49. The van der Waals surface area contributed by atoms with Crippen LogP contribution in [-0.2, 0) is 11.3 Å². The molecule has 2 N–H and O–H groups in total. The summed E-state index contributed by atoms with van der Waals surface area (Å²) in [5.41, 5.74) is 1.56.